The van der Waals surface area contributed by atoms with E-state index in [-0.39, 0.29) is 0 Å². The topological polar surface area (TPSA) is 58.9 Å². The average molecular weight is 421 g/mol. The van der Waals surface area contributed by atoms with E-state index < -0.39 is 0 Å². The van der Waals surface area contributed by atoms with E-state index >= 15 is 0 Å². The quantitative estimate of drug-likeness (QED) is 0.388. The number of rotatable bonds is 8. The van der Waals surface area contributed by atoms with Crippen LogP contribution in [0.25, 0.3) is 16.7 Å². The minimum Gasteiger partial charge on any atom is -0.341 e. The minimum absolute atomic E-state index is 0.670. The van der Waals surface area contributed by atoms with Gasteiger partial charge in [0.05, 0.1) is 17.3 Å². The molecule has 0 aliphatic carbocycles. The molecule has 30 heavy (non-hydrogen) atoms. The van der Waals surface area contributed by atoms with Gasteiger partial charge in [-0.15, -0.1) is 0 Å². The van der Waals surface area contributed by atoms with Crippen LogP contribution < -0.4 is 10.2 Å². The number of nitrogens with one attached hydrogen (secondary N) is 1. The zero-order valence-electron chi connectivity index (χ0n) is 17.2. The first kappa shape index (κ1) is 20.2. The molecule has 0 saturated heterocycles. The number of benzene rings is 2. The van der Waals surface area contributed by atoms with Gasteiger partial charge in [-0.1, -0.05) is 49.7 Å². The number of fused-ring (bicyclic) bond motifs is 1. The van der Waals surface area contributed by atoms with Crippen LogP contribution in [-0.4, -0.2) is 32.8 Å². The summed E-state index contributed by atoms with van der Waals surface area (Å²) < 4.78 is 1.86. The first-order valence-corrected chi connectivity index (χ1v) is 10.7. The number of aromatic nitrogens is 4. The fraction of sp³-hybridized carbons (Fsp3) is 0.261. The maximum Gasteiger partial charge on any atom is 0.229 e. The molecule has 6 nitrogen and oxygen atoms in total. The maximum absolute atomic E-state index is 6.18. The van der Waals surface area contributed by atoms with Crippen molar-refractivity contribution in [3.8, 4) is 5.69 Å². The molecule has 0 unspecified atom stereocenters. The van der Waals surface area contributed by atoms with Crippen LogP contribution in [0.15, 0.2) is 60.8 Å². The number of para-hydroxylation sites is 1. The Kier molecular flexibility index (Phi) is 6.14. The molecule has 4 rings (SSSR count). The van der Waals surface area contributed by atoms with Crippen molar-refractivity contribution in [2.75, 3.05) is 23.3 Å². The summed E-state index contributed by atoms with van der Waals surface area (Å²) in [4.78, 5) is 12.0. The van der Waals surface area contributed by atoms with Gasteiger partial charge in [0.1, 0.15) is 5.82 Å². The summed E-state index contributed by atoms with van der Waals surface area (Å²) in [6, 6.07) is 17.6. The van der Waals surface area contributed by atoms with Gasteiger partial charge in [-0.25, -0.2) is 4.68 Å². The highest BCUT2D eigenvalue weighted by atomic mass is 35.5. The second-order valence-corrected chi connectivity index (χ2v) is 7.56. The molecule has 0 saturated carbocycles. The van der Waals surface area contributed by atoms with Gasteiger partial charge < -0.3 is 10.2 Å². The van der Waals surface area contributed by atoms with Gasteiger partial charge in [0.15, 0.2) is 5.65 Å². The fourth-order valence-electron chi connectivity index (χ4n) is 3.45. The van der Waals surface area contributed by atoms with E-state index in [0.717, 1.165) is 54.2 Å². The van der Waals surface area contributed by atoms with E-state index in [0.29, 0.717) is 11.0 Å². The lowest BCUT2D eigenvalue weighted by Gasteiger charge is -2.22. The first-order chi connectivity index (χ1) is 14.7. The minimum atomic E-state index is 0.670. The molecule has 1 N–H and O–H groups in total. The Morgan fingerprint density at radius 2 is 1.73 bits per heavy atom. The molecule has 0 amide bonds. The van der Waals surface area contributed by atoms with Crippen LogP contribution in [0.3, 0.4) is 0 Å². The Bertz CT molecular complexity index is 1120. The second kappa shape index (κ2) is 9.13. The van der Waals surface area contributed by atoms with Crippen LogP contribution in [-0.2, 0) is 0 Å². The van der Waals surface area contributed by atoms with Crippen LogP contribution in [0.2, 0.25) is 5.02 Å². The normalized spacial score (nSPS) is 11.0. The van der Waals surface area contributed by atoms with Crippen LogP contribution in [0.4, 0.5) is 17.5 Å². The summed E-state index contributed by atoms with van der Waals surface area (Å²) >= 11 is 6.18. The Hall–Kier alpha value is -3.12. The molecule has 4 aromatic rings. The van der Waals surface area contributed by atoms with Crippen molar-refractivity contribution in [1.82, 2.24) is 19.7 Å². The van der Waals surface area contributed by atoms with E-state index in [1.54, 1.807) is 0 Å². The van der Waals surface area contributed by atoms with Crippen molar-refractivity contribution in [2.24, 2.45) is 0 Å². The summed E-state index contributed by atoms with van der Waals surface area (Å²) in [5.74, 6) is 1.42. The number of hydrogen-bond donors (Lipinski definition) is 1. The predicted molar refractivity (Wildman–Crippen MR) is 124 cm³/mol. The molecule has 0 atom stereocenters. The summed E-state index contributed by atoms with van der Waals surface area (Å²) in [7, 11) is 0. The molecule has 2 heterocycles. The van der Waals surface area contributed by atoms with Gasteiger partial charge in [0.2, 0.25) is 5.95 Å². The lowest BCUT2D eigenvalue weighted by atomic mass is 10.3. The maximum atomic E-state index is 6.18. The van der Waals surface area contributed by atoms with Gasteiger partial charge in [-0.05, 0) is 43.2 Å². The molecule has 7 heteroatoms. The van der Waals surface area contributed by atoms with Crippen molar-refractivity contribution < 1.29 is 0 Å². The van der Waals surface area contributed by atoms with Crippen LogP contribution in [0.5, 0.6) is 0 Å². The summed E-state index contributed by atoms with van der Waals surface area (Å²) in [6.45, 7) is 6.13. The zero-order chi connectivity index (χ0) is 20.9. The smallest absolute Gasteiger partial charge is 0.229 e. The highest BCUT2D eigenvalue weighted by molar-refractivity contribution is 6.30. The summed E-state index contributed by atoms with van der Waals surface area (Å²) in [5, 5.41) is 9.55. The van der Waals surface area contributed by atoms with Gasteiger partial charge >= 0.3 is 0 Å². The standard InChI is InChI=1S/C23H25ClN6/c1-3-13-29(14-4-2)23-27-21(26-18-10-8-9-17(24)15-18)20-16-25-30(22(20)28-23)19-11-6-5-7-12-19/h5-12,15-16H,3-4,13-14H2,1-2H3,(H,26,27,28). The van der Waals surface area contributed by atoms with Crippen molar-refractivity contribution in [3.63, 3.8) is 0 Å². The van der Waals surface area contributed by atoms with E-state index in [4.69, 9.17) is 21.6 Å². The van der Waals surface area contributed by atoms with Crippen LogP contribution in [0.1, 0.15) is 26.7 Å². The highest BCUT2D eigenvalue weighted by Crippen LogP contribution is 2.29. The van der Waals surface area contributed by atoms with Crippen molar-refractivity contribution in [2.45, 2.75) is 26.7 Å². The molecule has 0 radical (unpaired) electrons. The summed E-state index contributed by atoms with van der Waals surface area (Å²) in [6.07, 6.45) is 3.86. The molecule has 0 bridgehead atoms. The lowest BCUT2D eigenvalue weighted by molar-refractivity contribution is 0.722. The number of halogens is 1. The molecule has 2 aromatic carbocycles. The van der Waals surface area contributed by atoms with E-state index in [2.05, 4.69) is 29.2 Å². The average Bonchev–Trinajstić information content (AvgIpc) is 3.19. The lowest BCUT2D eigenvalue weighted by Crippen LogP contribution is -2.27. The molecular formula is C23H25ClN6. The van der Waals surface area contributed by atoms with Gasteiger partial charge in [0.25, 0.3) is 0 Å². The van der Waals surface area contributed by atoms with Crippen molar-refractivity contribution in [1.29, 1.82) is 0 Å². The molecule has 0 spiro atoms. The second-order valence-electron chi connectivity index (χ2n) is 7.12. The van der Waals surface area contributed by atoms with E-state index in [9.17, 15) is 0 Å². The molecule has 2 aromatic heterocycles. The van der Waals surface area contributed by atoms with Crippen LogP contribution >= 0.6 is 11.6 Å². The number of anilines is 3. The first-order valence-electron chi connectivity index (χ1n) is 10.3. The third-order valence-electron chi connectivity index (χ3n) is 4.77. The van der Waals surface area contributed by atoms with Gasteiger partial charge in [0, 0.05) is 23.8 Å². The zero-order valence-corrected chi connectivity index (χ0v) is 18.0. The van der Waals surface area contributed by atoms with Crippen molar-refractivity contribution >= 4 is 40.1 Å². The Labute approximate surface area is 181 Å². The number of nitrogens with zero attached hydrogens (tertiary/aromatic N) is 5. The predicted octanol–water partition coefficient (Wildman–Crippen LogP) is 5.84. The van der Waals surface area contributed by atoms with Gasteiger partial charge in [-0.3, -0.25) is 0 Å². The van der Waals surface area contributed by atoms with E-state index in [1.807, 2.05) is 65.5 Å². The number of hydrogen-bond acceptors (Lipinski definition) is 5. The molecule has 0 aliphatic heterocycles. The Morgan fingerprint density at radius 1 is 0.967 bits per heavy atom. The molecule has 0 aliphatic rings. The van der Waals surface area contributed by atoms with Crippen molar-refractivity contribution in [3.05, 3.63) is 65.8 Å². The monoisotopic (exact) mass is 420 g/mol. The van der Waals surface area contributed by atoms with E-state index in [1.165, 1.54) is 0 Å². The highest BCUT2D eigenvalue weighted by Gasteiger charge is 2.17. The van der Waals surface area contributed by atoms with Crippen LogP contribution in [0, 0.1) is 0 Å². The fourth-order valence-corrected chi connectivity index (χ4v) is 3.64. The molecule has 154 valence electrons. The largest absolute Gasteiger partial charge is 0.341 e. The summed E-state index contributed by atoms with van der Waals surface area (Å²) in [5.41, 5.74) is 2.61. The Morgan fingerprint density at radius 3 is 2.43 bits per heavy atom. The third-order valence-corrected chi connectivity index (χ3v) is 5.01. The Balaban J connectivity index is 1.87. The molecule has 0 fully saturated rings. The third kappa shape index (κ3) is 4.24. The SMILES string of the molecule is CCCN(CCC)c1nc(Nc2cccc(Cl)c2)c2cnn(-c3ccccc3)c2n1. The molecular weight excluding hydrogens is 396 g/mol. The van der Waals surface area contributed by atoms with Gasteiger partial charge in [-0.2, -0.15) is 15.1 Å².